The van der Waals surface area contributed by atoms with E-state index in [1.165, 1.54) is 0 Å². The van der Waals surface area contributed by atoms with Crippen LogP contribution in [0.15, 0.2) is 54.7 Å². The Morgan fingerprint density at radius 3 is 2.87 bits per heavy atom. The second kappa shape index (κ2) is 6.37. The van der Waals surface area contributed by atoms with Crippen molar-refractivity contribution >= 4 is 16.8 Å². The monoisotopic (exact) mass is 303 g/mol. The number of carbonyl (C=O) groups is 1. The number of rotatable bonds is 4. The summed E-state index contributed by atoms with van der Waals surface area (Å²) in [5.41, 5.74) is 3.61. The van der Waals surface area contributed by atoms with E-state index in [1.807, 2.05) is 48.7 Å². The normalized spacial score (nSPS) is 10.4. The lowest BCUT2D eigenvalue weighted by atomic mass is 10.1. The fourth-order valence-electron chi connectivity index (χ4n) is 2.68. The van der Waals surface area contributed by atoms with Crippen molar-refractivity contribution in [2.75, 3.05) is 7.05 Å². The Bertz CT molecular complexity index is 889. The number of nitriles is 1. The molecular formula is C19H17N3O. The highest BCUT2D eigenvalue weighted by Gasteiger charge is 2.13. The van der Waals surface area contributed by atoms with Gasteiger partial charge in [0.1, 0.15) is 0 Å². The molecule has 0 unspecified atom stereocenters. The maximum Gasteiger partial charge on any atom is 0.227 e. The van der Waals surface area contributed by atoms with Crippen LogP contribution < -0.4 is 0 Å². The van der Waals surface area contributed by atoms with Gasteiger partial charge in [-0.25, -0.2) is 0 Å². The second-order valence-corrected chi connectivity index (χ2v) is 5.60. The topological polar surface area (TPSA) is 59.9 Å². The van der Waals surface area contributed by atoms with E-state index < -0.39 is 0 Å². The van der Waals surface area contributed by atoms with Gasteiger partial charge in [-0.1, -0.05) is 30.3 Å². The van der Waals surface area contributed by atoms with Crippen LogP contribution in [0.25, 0.3) is 10.9 Å². The van der Waals surface area contributed by atoms with Gasteiger partial charge in [-0.2, -0.15) is 5.26 Å². The Balaban J connectivity index is 1.71. The highest BCUT2D eigenvalue weighted by Crippen LogP contribution is 2.19. The summed E-state index contributed by atoms with van der Waals surface area (Å²) in [6.07, 6.45) is 2.26. The second-order valence-electron chi connectivity index (χ2n) is 5.60. The summed E-state index contributed by atoms with van der Waals surface area (Å²) in [4.78, 5) is 17.3. The van der Waals surface area contributed by atoms with Gasteiger partial charge in [0, 0.05) is 30.7 Å². The van der Waals surface area contributed by atoms with E-state index in [-0.39, 0.29) is 5.91 Å². The Labute approximate surface area is 135 Å². The maximum atomic E-state index is 12.5. The fourth-order valence-corrected chi connectivity index (χ4v) is 2.68. The summed E-state index contributed by atoms with van der Waals surface area (Å²) in [5.74, 6) is 0.0529. The number of nitrogens with zero attached hydrogens (tertiary/aromatic N) is 2. The predicted octanol–water partition coefficient (Wildman–Crippen LogP) is 3.24. The minimum atomic E-state index is 0.0529. The van der Waals surface area contributed by atoms with Gasteiger partial charge in [-0.05, 0) is 29.3 Å². The zero-order chi connectivity index (χ0) is 16.2. The average Bonchev–Trinajstić information content (AvgIpc) is 2.98. The van der Waals surface area contributed by atoms with Crippen molar-refractivity contribution in [2.45, 2.75) is 13.0 Å². The van der Waals surface area contributed by atoms with Gasteiger partial charge in [-0.15, -0.1) is 0 Å². The lowest BCUT2D eigenvalue weighted by Crippen LogP contribution is -2.27. The van der Waals surface area contributed by atoms with Gasteiger partial charge in [0.15, 0.2) is 0 Å². The molecule has 1 amide bonds. The number of carbonyl (C=O) groups excluding carboxylic acids is 1. The number of hydrogen-bond donors (Lipinski definition) is 1. The van der Waals surface area contributed by atoms with Crippen molar-refractivity contribution < 1.29 is 4.79 Å². The van der Waals surface area contributed by atoms with E-state index in [2.05, 4.69) is 11.1 Å². The molecular weight excluding hydrogens is 286 g/mol. The number of H-pyrrole nitrogens is 1. The minimum absolute atomic E-state index is 0.0529. The van der Waals surface area contributed by atoms with E-state index >= 15 is 0 Å². The van der Waals surface area contributed by atoms with Crippen LogP contribution in [0.5, 0.6) is 0 Å². The molecule has 114 valence electrons. The van der Waals surface area contributed by atoms with Crippen molar-refractivity contribution in [1.29, 1.82) is 5.26 Å². The predicted molar refractivity (Wildman–Crippen MR) is 89.6 cm³/mol. The molecule has 0 saturated heterocycles. The van der Waals surface area contributed by atoms with Gasteiger partial charge in [0.25, 0.3) is 0 Å². The van der Waals surface area contributed by atoms with Crippen molar-refractivity contribution in [3.63, 3.8) is 0 Å². The number of nitrogens with one attached hydrogen (secondary N) is 1. The van der Waals surface area contributed by atoms with Gasteiger partial charge < -0.3 is 9.88 Å². The standard InChI is InChI=1S/C19H17N3O/c1-22(13-15-6-4-5-14(9-15)11-20)19(23)10-16-12-21-18-8-3-2-7-17(16)18/h2-9,12,21H,10,13H2,1H3. The van der Waals surface area contributed by atoms with Crippen LogP contribution in [0.1, 0.15) is 16.7 Å². The maximum absolute atomic E-state index is 12.5. The van der Waals surface area contributed by atoms with Crippen molar-refractivity contribution in [2.24, 2.45) is 0 Å². The van der Waals surface area contributed by atoms with Crippen LogP contribution in [0.2, 0.25) is 0 Å². The summed E-state index contributed by atoms with van der Waals surface area (Å²) in [6, 6.07) is 17.4. The number of likely N-dealkylation sites (N-methyl/N-ethyl adjacent to an activating group) is 1. The summed E-state index contributed by atoms with van der Waals surface area (Å²) in [5, 5.41) is 10.0. The Morgan fingerprint density at radius 2 is 2.04 bits per heavy atom. The minimum Gasteiger partial charge on any atom is -0.361 e. The van der Waals surface area contributed by atoms with Gasteiger partial charge in [-0.3, -0.25) is 4.79 Å². The SMILES string of the molecule is CN(Cc1cccc(C#N)c1)C(=O)Cc1c[nH]c2ccccc12. The molecule has 0 radical (unpaired) electrons. The summed E-state index contributed by atoms with van der Waals surface area (Å²) in [6.45, 7) is 0.497. The first-order chi connectivity index (χ1) is 11.2. The number of amides is 1. The molecule has 0 fully saturated rings. The number of aromatic amines is 1. The molecule has 4 heteroatoms. The molecule has 4 nitrogen and oxygen atoms in total. The quantitative estimate of drug-likeness (QED) is 0.804. The molecule has 0 aliphatic rings. The molecule has 0 aliphatic heterocycles. The van der Waals surface area contributed by atoms with Crippen molar-refractivity contribution in [1.82, 2.24) is 9.88 Å². The lowest BCUT2D eigenvalue weighted by molar-refractivity contribution is -0.129. The molecule has 1 N–H and O–H groups in total. The molecule has 1 heterocycles. The molecule has 0 bridgehead atoms. The largest absolute Gasteiger partial charge is 0.361 e. The summed E-state index contributed by atoms with van der Waals surface area (Å²) in [7, 11) is 1.79. The Kier molecular flexibility index (Phi) is 4.11. The number of fused-ring (bicyclic) bond motifs is 1. The average molecular weight is 303 g/mol. The molecule has 3 aromatic rings. The molecule has 2 aromatic carbocycles. The van der Waals surface area contributed by atoms with Crippen LogP contribution in [-0.4, -0.2) is 22.8 Å². The number of para-hydroxylation sites is 1. The zero-order valence-electron chi connectivity index (χ0n) is 12.9. The molecule has 0 saturated carbocycles. The summed E-state index contributed by atoms with van der Waals surface area (Å²) >= 11 is 0. The van der Waals surface area contributed by atoms with Gasteiger partial charge >= 0.3 is 0 Å². The third kappa shape index (κ3) is 3.24. The summed E-state index contributed by atoms with van der Waals surface area (Å²) < 4.78 is 0. The van der Waals surface area contributed by atoms with E-state index in [9.17, 15) is 4.79 Å². The first-order valence-corrected chi connectivity index (χ1v) is 7.45. The van der Waals surface area contributed by atoms with Crippen LogP contribution in [0, 0.1) is 11.3 Å². The lowest BCUT2D eigenvalue weighted by Gasteiger charge is -2.17. The molecule has 23 heavy (non-hydrogen) atoms. The van der Waals surface area contributed by atoms with E-state index in [4.69, 9.17) is 5.26 Å². The number of benzene rings is 2. The number of hydrogen-bond acceptors (Lipinski definition) is 2. The van der Waals surface area contributed by atoms with Crippen LogP contribution in [-0.2, 0) is 17.8 Å². The molecule has 0 spiro atoms. The van der Waals surface area contributed by atoms with Crippen LogP contribution in [0.3, 0.4) is 0 Å². The van der Waals surface area contributed by atoms with Crippen LogP contribution in [0.4, 0.5) is 0 Å². The van der Waals surface area contributed by atoms with Crippen LogP contribution >= 0.6 is 0 Å². The van der Waals surface area contributed by atoms with E-state index in [0.29, 0.717) is 18.5 Å². The van der Waals surface area contributed by atoms with Crippen molar-refractivity contribution in [3.8, 4) is 6.07 Å². The fraction of sp³-hybridized carbons (Fsp3) is 0.158. The Morgan fingerprint density at radius 1 is 1.22 bits per heavy atom. The molecule has 1 aromatic heterocycles. The third-order valence-corrected chi connectivity index (χ3v) is 3.92. The van der Waals surface area contributed by atoms with Gasteiger partial charge in [0.05, 0.1) is 18.1 Å². The molecule has 3 rings (SSSR count). The molecule has 0 atom stereocenters. The van der Waals surface area contributed by atoms with E-state index in [0.717, 1.165) is 22.0 Å². The molecule has 0 aliphatic carbocycles. The highest BCUT2D eigenvalue weighted by atomic mass is 16.2. The number of aromatic nitrogens is 1. The smallest absolute Gasteiger partial charge is 0.227 e. The van der Waals surface area contributed by atoms with E-state index in [1.54, 1.807) is 18.0 Å². The third-order valence-electron chi connectivity index (χ3n) is 3.92. The zero-order valence-corrected chi connectivity index (χ0v) is 12.9. The first kappa shape index (κ1) is 14.9. The highest BCUT2D eigenvalue weighted by molar-refractivity contribution is 5.88. The Hall–Kier alpha value is -3.06. The van der Waals surface area contributed by atoms with Crippen molar-refractivity contribution in [3.05, 3.63) is 71.4 Å². The first-order valence-electron chi connectivity index (χ1n) is 7.45. The van der Waals surface area contributed by atoms with Gasteiger partial charge in [0.2, 0.25) is 5.91 Å².